The number of hydrogen-bond donors (Lipinski definition) is 0. The molecule has 5 nitrogen and oxygen atoms in total. The monoisotopic (exact) mass is 273 g/mol. The van der Waals surface area contributed by atoms with E-state index in [0.717, 1.165) is 10.8 Å². The largest absolute Gasteiger partial charge is 0.497 e. The first kappa shape index (κ1) is 13.9. The van der Waals surface area contributed by atoms with Crippen molar-refractivity contribution in [1.82, 2.24) is 0 Å². The van der Waals surface area contributed by atoms with Gasteiger partial charge in [-0.2, -0.15) is 0 Å². The summed E-state index contributed by atoms with van der Waals surface area (Å²) in [6.07, 6.45) is 0. The van der Waals surface area contributed by atoms with Gasteiger partial charge in [0.05, 0.1) is 14.2 Å². The fraction of sp³-hybridized carbons (Fsp3) is 0.200. The highest BCUT2D eigenvalue weighted by Gasteiger charge is 2.18. The number of carbonyl (C=O) groups excluding carboxylic acids is 1. The Morgan fingerprint density at radius 1 is 1.10 bits per heavy atom. The second-order valence-corrected chi connectivity index (χ2v) is 4.01. The van der Waals surface area contributed by atoms with Crippen molar-refractivity contribution >= 4 is 22.5 Å². The molecule has 0 aromatic heterocycles. The molecule has 0 saturated carbocycles. The minimum atomic E-state index is -0.554. The maximum absolute atomic E-state index is 11.8. The van der Waals surface area contributed by atoms with Crippen molar-refractivity contribution in [2.45, 2.75) is 0 Å². The van der Waals surface area contributed by atoms with E-state index in [4.69, 9.17) is 14.3 Å². The van der Waals surface area contributed by atoms with Crippen LogP contribution in [0.3, 0.4) is 0 Å². The average molecular weight is 273 g/mol. The van der Waals surface area contributed by atoms with Gasteiger partial charge in [-0.1, -0.05) is 29.4 Å². The standard InChI is InChI=1S/C15H15NO4/c1-18-11-8-7-10-5-4-6-12(13(10)9-11)14(16-20-3)15(17)19-2/h4-9H,1-3H3/b16-14+. The molecule has 104 valence electrons. The maximum atomic E-state index is 11.8. The van der Waals surface area contributed by atoms with Gasteiger partial charge in [0.25, 0.3) is 0 Å². The molecule has 0 aliphatic rings. The summed E-state index contributed by atoms with van der Waals surface area (Å²) < 4.78 is 9.96. The summed E-state index contributed by atoms with van der Waals surface area (Å²) in [6.45, 7) is 0. The number of oxime groups is 1. The molecule has 2 aromatic rings. The molecule has 0 unspecified atom stereocenters. The topological polar surface area (TPSA) is 57.1 Å². The van der Waals surface area contributed by atoms with Gasteiger partial charge >= 0.3 is 5.97 Å². The maximum Gasteiger partial charge on any atom is 0.360 e. The molecular weight excluding hydrogens is 258 g/mol. The summed E-state index contributed by atoms with van der Waals surface area (Å²) in [7, 11) is 4.28. The number of benzene rings is 2. The second-order valence-electron chi connectivity index (χ2n) is 4.01. The van der Waals surface area contributed by atoms with Crippen molar-refractivity contribution in [3.63, 3.8) is 0 Å². The molecule has 0 atom stereocenters. The van der Waals surface area contributed by atoms with Crippen molar-refractivity contribution < 1.29 is 19.1 Å². The summed E-state index contributed by atoms with van der Waals surface area (Å²) >= 11 is 0. The van der Waals surface area contributed by atoms with Crippen LogP contribution in [-0.4, -0.2) is 33.0 Å². The summed E-state index contributed by atoms with van der Waals surface area (Å²) in [5.41, 5.74) is 0.754. The number of esters is 1. The van der Waals surface area contributed by atoms with Crippen LogP contribution >= 0.6 is 0 Å². The van der Waals surface area contributed by atoms with E-state index in [2.05, 4.69) is 5.16 Å². The number of nitrogens with zero attached hydrogens (tertiary/aromatic N) is 1. The first-order chi connectivity index (χ1) is 9.71. The van der Waals surface area contributed by atoms with Crippen molar-refractivity contribution in [3.05, 3.63) is 42.0 Å². The minimum absolute atomic E-state index is 0.119. The van der Waals surface area contributed by atoms with Crippen LogP contribution in [0.2, 0.25) is 0 Å². The second kappa shape index (κ2) is 6.06. The zero-order valence-electron chi connectivity index (χ0n) is 11.5. The smallest absolute Gasteiger partial charge is 0.360 e. The van der Waals surface area contributed by atoms with Crippen molar-refractivity contribution in [3.8, 4) is 5.75 Å². The van der Waals surface area contributed by atoms with Gasteiger partial charge in [0, 0.05) is 5.56 Å². The Labute approximate surface area is 116 Å². The Balaban J connectivity index is 2.68. The van der Waals surface area contributed by atoms with E-state index in [-0.39, 0.29) is 5.71 Å². The lowest BCUT2D eigenvalue weighted by Crippen LogP contribution is -2.18. The molecule has 0 aliphatic heterocycles. The number of carbonyl (C=O) groups is 1. The summed E-state index contributed by atoms with van der Waals surface area (Å²) in [4.78, 5) is 16.6. The number of ether oxygens (including phenoxy) is 2. The normalized spacial score (nSPS) is 11.2. The van der Waals surface area contributed by atoms with E-state index in [1.807, 2.05) is 30.3 Å². The Morgan fingerprint density at radius 2 is 1.90 bits per heavy atom. The molecule has 2 rings (SSSR count). The minimum Gasteiger partial charge on any atom is -0.497 e. The highest BCUT2D eigenvalue weighted by Crippen LogP contribution is 2.25. The Hall–Kier alpha value is -2.56. The van der Waals surface area contributed by atoms with Gasteiger partial charge in [-0.25, -0.2) is 4.79 Å². The van der Waals surface area contributed by atoms with Crippen molar-refractivity contribution in [1.29, 1.82) is 0 Å². The van der Waals surface area contributed by atoms with Gasteiger partial charge < -0.3 is 14.3 Å². The molecule has 0 radical (unpaired) electrons. The van der Waals surface area contributed by atoms with Gasteiger partial charge in [-0.3, -0.25) is 0 Å². The van der Waals surface area contributed by atoms with Gasteiger partial charge in [0.1, 0.15) is 12.9 Å². The third-order valence-corrected chi connectivity index (χ3v) is 2.91. The first-order valence-electron chi connectivity index (χ1n) is 5.98. The molecule has 0 fully saturated rings. The summed E-state index contributed by atoms with van der Waals surface area (Å²) in [6, 6.07) is 11.2. The van der Waals surface area contributed by atoms with Gasteiger partial charge in [0.2, 0.25) is 0 Å². The van der Waals surface area contributed by atoms with Crippen LogP contribution in [-0.2, 0) is 14.4 Å². The first-order valence-corrected chi connectivity index (χ1v) is 5.98. The zero-order valence-corrected chi connectivity index (χ0v) is 11.5. The predicted octanol–water partition coefficient (Wildman–Crippen LogP) is 2.37. The average Bonchev–Trinajstić information content (AvgIpc) is 2.51. The Kier molecular flexibility index (Phi) is 4.20. The van der Waals surface area contributed by atoms with E-state index in [1.165, 1.54) is 14.2 Å². The predicted molar refractivity (Wildman–Crippen MR) is 76.1 cm³/mol. The fourth-order valence-corrected chi connectivity index (χ4v) is 1.97. The SMILES string of the molecule is CO/N=C(/C(=O)OC)c1cccc2ccc(OC)cc12. The highest BCUT2D eigenvalue weighted by atomic mass is 16.6. The third kappa shape index (κ3) is 2.56. The van der Waals surface area contributed by atoms with Gasteiger partial charge in [-0.05, 0) is 22.9 Å². The quantitative estimate of drug-likeness (QED) is 0.487. The zero-order chi connectivity index (χ0) is 14.5. The molecule has 2 aromatic carbocycles. The van der Waals surface area contributed by atoms with Crippen LogP contribution in [0.1, 0.15) is 5.56 Å². The summed E-state index contributed by atoms with van der Waals surface area (Å²) in [5.74, 6) is 0.147. The Bertz CT molecular complexity index is 664. The molecule has 5 heteroatoms. The third-order valence-electron chi connectivity index (χ3n) is 2.91. The van der Waals surface area contributed by atoms with E-state index in [0.29, 0.717) is 11.3 Å². The molecule has 0 heterocycles. The molecular formula is C15H15NO4. The Morgan fingerprint density at radius 3 is 2.55 bits per heavy atom. The molecule has 0 amide bonds. The van der Waals surface area contributed by atoms with Crippen LogP contribution in [0.15, 0.2) is 41.6 Å². The number of rotatable bonds is 4. The van der Waals surface area contributed by atoms with E-state index in [1.54, 1.807) is 13.2 Å². The van der Waals surface area contributed by atoms with Crippen LogP contribution < -0.4 is 4.74 Å². The lowest BCUT2D eigenvalue weighted by Gasteiger charge is -2.09. The highest BCUT2D eigenvalue weighted by molar-refractivity contribution is 6.45. The molecule has 0 spiro atoms. The van der Waals surface area contributed by atoms with Gasteiger partial charge in [-0.15, -0.1) is 0 Å². The number of fused-ring (bicyclic) bond motifs is 1. The lowest BCUT2D eigenvalue weighted by atomic mass is 10.0. The van der Waals surface area contributed by atoms with Crippen LogP contribution in [0.4, 0.5) is 0 Å². The molecule has 20 heavy (non-hydrogen) atoms. The van der Waals surface area contributed by atoms with Crippen LogP contribution in [0.5, 0.6) is 5.75 Å². The van der Waals surface area contributed by atoms with E-state index < -0.39 is 5.97 Å². The molecule has 0 saturated heterocycles. The molecule has 0 N–H and O–H groups in total. The van der Waals surface area contributed by atoms with Crippen LogP contribution in [0.25, 0.3) is 10.8 Å². The number of hydrogen-bond acceptors (Lipinski definition) is 5. The van der Waals surface area contributed by atoms with Crippen LogP contribution in [0, 0.1) is 0 Å². The van der Waals surface area contributed by atoms with E-state index in [9.17, 15) is 4.79 Å². The van der Waals surface area contributed by atoms with Gasteiger partial charge in [0.15, 0.2) is 5.71 Å². The fourth-order valence-electron chi connectivity index (χ4n) is 1.97. The lowest BCUT2D eigenvalue weighted by molar-refractivity contribution is -0.132. The van der Waals surface area contributed by atoms with E-state index >= 15 is 0 Å². The summed E-state index contributed by atoms with van der Waals surface area (Å²) in [5, 5.41) is 5.58. The molecule has 0 aliphatic carbocycles. The van der Waals surface area contributed by atoms with Crippen molar-refractivity contribution in [2.75, 3.05) is 21.3 Å². The molecule has 0 bridgehead atoms. The van der Waals surface area contributed by atoms with Crippen molar-refractivity contribution in [2.24, 2.45) is 5.16 Å². The number of methoxy groups -OCH3 is 2.